The quantitative estimate of drug-likeness (QED) is 0.314. The molecule has 17 heavy (non-hydrogen) atoms. The second-order valence-electron chi connectivity index (χ2n) is 4.57. The molecule has 0 spiro atoms. The first-order chi connectivity index (χ1) is 8.20. The fourth-order valence-electron chi connectivity index (χ4n) is 3.18. The maximum atomic E-state index is 7.25. The van der Waals surface area contributed by atoms with E-state index in [-0.39, 0.29) is 5.29 Å². The monoisotopic (exact) mass is 255 g/mol. The van der Waals surface area contributed by atoms with Crippen LogP contribution in [0, 0.1) is 5.41 Å². The Morgan fingerprint density at radius 1 is 1.47 bits per heavy atom. The standard InChI is InChI=1S/C10H14ClN5O/c1-13-15-10(14-9(11)12)16-5-2-3-6-8(16)7(4-5)17-6/h5-8H,1-4H2,(H2,12,14,15). The highest BCUT2D eigenvalue weighted by atomic mass is 35.5. The van der Waals surface area contributed by atoms with Gasteiger partial charge in [-0.15, -0.1) is 0 Å². The number of piperidine rings is 1. The summed E-state index contributed by atoms with van der Waals surface area (Å²) in [5.41, 5.74) is 2.73. The maximum absolute atomic E-state index is 7.25. The van der Waals surface area contributed by atoms with E-state index in [2.05, 4.69) is 27.1 Å². The maximum Gasteiger partial charge on any atom is 0.222 e. The van der Waals surface area contributed by atoms with Crippen LogP contribution in [0.25, 0.3) is 0 Å². The van der Waals surface area contributed by atoms with Gasteiger partial charge in [0.05, 0.1) is 18.2 Å². The Balaban J connectivity index is 1.87. The van der Waals surface area contributed by atoms with Crippen molar-refractivity contribution in [3.8, 4) is 0 Å². The lowest BCUT2D eigenvalue weighted by molar-refractivity contribution is -0.162. The molecule has 0 amide bonds. The van der Waals surface area contributed by atoms with Crippen LogP contribution in [0.1, 0.15) is 19.3 Å². The van der Waals surface area contributed by atoms with Crippen LogP contribution in [-0.2, 0) is 4.74 Å². The Kier molecular flexibility index (Phi) is 2.56. The molecule has 3 rings (SSSR count). The summed E-state index contributed by atoms with van der Waals surface area (Å²) in [5, 5.41) is 10.6. The Morgan fingerprint density at radius 3 is 3.00 bits per heavy atom. The molecule has 0 saturated carbocycles. The van der Waals surface area contributed by atoms with Crippen LogP contribution < -0.4 is 5.43 Å². The van der Waals surface area contributed by atoms with Gasteiger partial charge in [-0.3, -0.25) is 5.41 Å². The normalized spacial score (nSPS) is 38.6. The molecule has 6 nitrogen and oxygen atoms in total. The number of hydrogen-bond acceptors (Lipinski definition) is 3. The van der Waals surface area contributed by atoms with Crippen LogP contribution >= 0.6 is 11.6 Å². The summed E-state index contributed by atoms with van der Waals surface area (Å²) >= 11 is 5.53. The van der Waals surface area contributed by atoms with E-state index < -0.39 is 0 Å². The van der Waals surface area contributed by atoms with E-state index in [1.54, 1.807) is 0 Å². The number of guanidine groups is 1. The Labute approximate surface area is 104 Å². The molecule has 3 aliphatic heterocycles. The average molecular weight is 256 g/mol. The zero-order valence-corrected chi connectivity index (χ0v) is 10.0. The first-order valence-electron chi connectivity index (χ1n) is 5.69. The van der Waals surface area contributed by atoms with Gasteiger partial charge >= 0.3 is 0 Å². The van der Waals surface area contributed by atoms with E-state index in [9.17, 15) is 0 Å². The van der Waals surface area contributed by atoms with Crippen molar-refractivity contribution >= 4 is 29.6 Å². The summed E-state index contributed by atoms with van der Waals surface area (Å²) in [6.45, 7) is 3.39. The molecular weight excluding hydrogens is 242 g/mol. The molecule has 0 aromatic carbocycles. The van der Waals surface area contributed by atoms with Crippen molar-refractivity contribution < 1.29 is 4.74 Å². The van der Waals surface area contributed by atoms with Gasteiger partial charge in [-0.1, -0.05) is 0 Å². The first kappa shape index (κ1) is 11.0. The molecular formula is C10H14ClN5O. The minimum absolute atomic E-state index is 0.254. The van der Waals surface area contributed by atoms with E-state index in [0.29, 0.717) is 30.3 Å². The molecule has 92 valence electrons. The van der Waals surface area contributed by atoms with Crippen LogP contribution in [0.5, 0.6) is 0 Å². The SMILES string of the molecule is C=NN/C(=N\C(=N)Cl)N1C2CCC3OC(C2)C31. The zero-order chi connectivity index (χ0) is 12.0. The van der Waals surface area contributed by atoms with Crippen molar-refractivity contribution in [1.29, 1.82) is 5.41 Å². The predicted molar refractivity (Wildman–Crippen MR) is 65.6 cm³/mol. The van der Waals surface area contributed by atoms with Crippen molar-refractivity contribution in [2.45, 2.75) is 43.6 Å². The van der Waals surface area contributed by atoms with E-state index >= 15 is 0 Å². The average Bonchev–Trinajstić information content (AvgIpc) is 2.46. The molecule has 0 aromatic rings. The number of rotatable bonds is 1. The highest BCUT2D eigenvalue weighted by Crippen LogP contribution is 2.46. The second kappa shape index (κ2) is 3.96. The van der Waals surface area contributed by atoms with Gasteiger partial charge in [-0.25, -0.2) is 5.43 Å². The van der Waals surface area contributed by atoms with Gasteiger partial charge < -0.3 is 9.64 Å². The number of aliphatic imine (C=N–C) groups is 1. The van der Waals surface area contributed by atoms with E-state index in [0.717, 1.165) is 19.3 Å². The number of fused-ring (bicyclic) bond motifs is 1. The highest BCUT2D eigenvalue weighted by molar-refractivity contribution is 6.64. The number of hydrazone groups is 1. The van der Waals surface area contributed by atoms with Crippen molar-refractivity contribution in [2.24, 2.45) is 10.1 Å². The molecule has 3 fully saturated rings. The van der Waals surface area contributed by atoms with Gasteiger partial charge in [0.25, 0.3) is 0 Å². The summed E-state index contributed by atoms with van der Waals surface area (Å²) in [6.07, 6.45) is 3.81. The van der Waals surface area contributed by atoms with Gasteiger partial charge in [0, 0.05) is 12.8 Å². The summed E-state index contributed by atoms with van der Waals surface area (Å²) < 4.78 is 5.76. The summed E-state index contributed by atoms with van der Waals surface area (Å²) in [5.74, 6) is 0.519. The lowest BCUT2D eigenvalue weighted by atomic mass is 9.95. The van der Waals surface area contributed by atoms with Crippen molar-refractivity contribution in [1.82, 2.24) is 10.3 Å². The largest absolute Gasteiger partial charge is 0.370 e. The van der Waals surface area contributed by atoms with E-state index in [1.165, 1.54) is 0 Å². The number of nitrogens with one attached hydrogen (secondary N) is 2. The smallest absolute Gasteiger partial charge is 0.222 e. The molecule has 0 aromatic heterocycles. The van der Waals surface area contributed by atoms with Crippen molar-refractivity contribution in [3.63, 3.8) is 0 Å². The summed E-state index contributed by atoms with van der Waals surface area (Å²) in [6, 6.07) is 0.769. The first-order valence-corrected chi connectivity index (χ1v) is 6.07. The van der Waals surface area contributed by atoms with Crippen LogP contribution in [0.3, 0.4) is 0 Å². The van der Waals surface area contributed by atoms with E-state index in [4.69, 9.17) is 21.7 Å². The molecule has 0 aliphatic carbocycles. The van der Waals surface area contributed by atoms with Gasteiger partial charge in [0.1, 0.15) is 0 Å². The predicted octanol–water partition coefficient (Wildman–Crippen LogP) is 0.725. The van der Waals surface area contributed by atoms with Crippen molar-refractivity contribution in [3.05, 3.63) is 0 Å². The lowest BCUT2D eigenvalue weighted by Crippen LogP contribution is -2.63. The number of ether oxygens (including phenoxy) is 1. The number of hydrogen-bond donors (Lipinski definition) is 2. The van der Waals surface area contributed by atoms with Crippen LogP contribution in [0.2, 0.25) is 0 Å². The third-order valence-corrected chi connectivity index (χ3v) is 3.83. The summed E-state index contributed by atoms with van der Waals surface area (Å²) in [4.78, 5) is 6.14. The fraction of sp³-hybridized carbons (Fsp3) is 0.700. The number of amidine groups is 1. The third kappa shape index (κ3) is 1.63. The minimum atomic E-state index is -0.254. The molecule has 2 bridgehead atoms. The molecule has 3 saturated heterocycles. The molecule has 7 heteroatoms. The number of halogens is 1. The lowest BCUT2D eigenvalue weighted by Gasteiger charge is -2.48. The van der Waals surface area contributed by atoms with Gasteiger partial charge in [0.15, 0.2) is 0 Å². The number of nitrogens with zero attached hydrogens (tertiary/aromatic N) is 3. The molecule has 2 N–H and O–H groups in total. The van der Waals surface area contributed by atoms with Gasteiger partial charge in [0.2, 0.25) is 11.3 Å². The summed E-state index contributed by atoms with van der Waals surface area (Å²) in [7, 11) is 0. The van der Waals surface area contributed by atoms with Crippen molar-refractivity contribution in [2.75, 3.05) is 0 Å². The van der Waals surface area contributed by atoms with Crippen LogP contribution in [0.4, 0.5) is 0 Å². The topological polar surface area (TPSA) is 73.1 Å². The molecule has 3 aliphatic rings. The Morgan fingerprint density at radius 2 is 2.29 bits per heavy atom. The van der Waals surface area contributed by atoms with Crippen LogP contribution in [-0.4, -0.2) is 47.2 Å². The molecule has 4 unspecified atom stereocenters. The molecule has 3 heterocycles. The fourth-order valence-corrected chi connectivity index (χ4v) is 3.26. The van der Waals surface area contributed by atoms with E-state index in [1.807, 2.05) is 0 Å². The van der Waals surface area contributed by atoms with Gasteiger partial charge in [-0.2, -0.15) is 10.1 Å². The minimum Gasteiger partial charge on any atom is -0.370 e. The zero-order valence-electron chi connectivity index (χ0n) is 9.27. The highest BCUT2D eigenvalue weighted by Gasteiger charge is 2.58. The second-order valence-corrected chi connectivity index (χ2v) is 4.93. The Bertz CT molecular complexity index is 391. The molecule has 4 atom stereocenters. The Hall–Kier alpha value is -1.14. The molecule has 0 radical (unpaired) electrons. The van der Waals surface area contributed by atoms with Gasteiger partial charge in [-0.05, 0) is 30.9 Å². The third-order valence-electron chi connectivity index (χ3n) is 3.74. The van der Waals surface area contributed by atoms with Crippen LogP contribution in [0.15, 0.2) is 10.1 Å².